The second-order valence-corrected chi connectivity index (χ2v) is 9.21. The summed E-state index contributed by atoms with van der Waals surface area (Å²) in [5, 5.41) is 0. The normalized spacial score (nSPS) is 20.9. The number of carbonyl (C=O) groups excluding carboxylic acids is 1. The highest BCUT2D eigenvalue weighted by atomic mass is 32.2. The molecule has 26 heavy (non-hydrogen) atoms. The van der Waals surface area contributed by atoms with Crippen molar-refractivity contribution in [2.75, 3.05) is 31.6 Å². The molecule has 2 aliphatic rings. The van der Waals surface area contributed by atoms with Crippen LogP contribution in [0.25, 0.3) is 0 Å². The zero-order valence-electron chi connectivity index (χ0n) is 15.6. The van der Waals surface area contributed by atoms with E-state index >= 15 is 0 Å². The van der Waals surface area contributed by atoms with Crippen LogP contribution in [-0.2, 0) is 26.0 Å². The highest BCUT2D eigenvalue weighted by Gasteiger charge is 2.26. The Hall–Kier alpha value is -1.44. The number of nitrogens with zero attached hydrogens (tertiary/aromatic N) is 2. The molecule has 0 radical (unpaired) electrons. The Labute approximate surface area is 156 Å². The first-order valence-electron chi connectivity index (χ1n) is 9.38. The molecule has 7 heteroatoms. The fourth-order valence-corrected chi connectivity index (χ4v) is 4.96. The van der Waals surface area contributed by atoms with Crippen LogP contribution in [0.4, 0.5) is 5.69 Å². The molecule has 1 atom stereocenters. The molecule has 3 rings (SSSR count). The van der Waals surface area contributed by atoms with Crippen LogP contribution in [0.1, 0.15) is 44.6 Å². The van der Waals surface area contributed by atoms with Crippen LogP contribution in [0.5, 0.6) is 0 Å². The van der Waals surface area contributed by atoms with Gasteiger partial charge in [-0.1, -0.05) is 0 Å². The Bertz CT molecular complexity index is 757. The molecule has 0 saturated carbocycles. The first-order chi connectivity index (χ1) is 12.4. The van der Waals surface area contributed by atoms with E-state index in [0.717, 1.165) is 56.4 Å². The third kappa shape index (κ3) is 4.10. The number of hydrogen-bond donors (Lipinski definition) is 0. The Morgan fingerprint density at radius 3 is 2.81 bits per heavy atom. The van der Waals surface area contributed by atoms with Gasteiger partial charge < -0.3 is 9.64 Å². The number of aryl methyl sites for hydroxylation is 1. The molecule has 1 fully saturated rings. The maximum absolute atomic E-state index is 12.9. The van der Waals surface area contributed by atoms with Crippen molar-refractivity contribution in [2.45, 2.75) is 56.4 Å². The molecule has 144 valence electrons. The molecule has 1 saturated heterocycles. The van der Waals surface area contributed by atoms with Gasteiger partial charge in [0, 0.05) is 39.4 Å². The van der Waals surface area contributed by atoms with Gasteiger partial charge in [0.1, 0.15) is 0 Å². The number of amides is 1. The fourth-order valence-electron chi connectivity index (χ4n) is 3.72. The molecule has 2 aliphatic heterocycles. The van der Waals surface area contributed by atoms with Gasteiger partial charge in [0.05, 0.1) is 11.0 Å². The van der Waals surface area contributed by atoms with Gasteiger partial charge in [0.25, 0.3) is 0 Å². The number of ether oxygens (including phenoxy) is 1. The molecule has 1 unspecified atom stereocenters. The molecular formula is C19H28N2O4S. The van der Waals surface area contributed by atoms with E-state index in [2.05, 4.69) is 0 Å². The average Bonchev–Trinajstić information content (AvgIpc) is 2.65. The number of sulfonamides is 1. The molecule has 0 bridgehead atoms. The highest BCUT2D eigenvalue weighted by molar-refractivity contribution is 7.89. The minimum absolute atomic E-state index is 0.00819. The third-order valence-corrected chi connectivity index (χ3v) is 7.15. The first kappa shape index (κ1) is 19.3. The number of anilines is 1. The van der Waals surface area contributed by atoms with Gasteiger partial charge in [-0.2, -0.15) is 0 Å². The lowest BCUT2D eigenvalue weighted by Crippen LogP contribution is -2.34. The van der Waals surface area contributed by atoms with Crippen LogP contribution < -0.4 is 4.90 Å². The van der Waals surface area contributed by atoms with E-state index in [1.54, 1.807) is 37.1 Å². The van der Waals surface area contributed by atoms with E-state index in [1.807, 2.05) is 0 Å². The summed E-state index contributed by atoms with van der Waals surface area (Å²) in [6, 6.07) is 5.11. The maximum atomic E-state index is 12.9. The number of rotatable bonds is 5. The zero-order valence-corrected chi connectivity index (χ0v) is 16.4. The van der Waals surface area contributed by atoms with Crippen molar-refractivity contribution < 1.29 is 17.9 Å². The van der Waals surface area contributed by atoms with Gasteiger partial charge in [-0.05, 0) is 62.3 Å². The smallest absolute Gasteiger partial charge is 0.242 e. The van der Waals surface area contributed by atoms with E-state index in [1.165, 1.54) is 4.31 Å². The lowest BCUT2D eigenvalue weighted by atomic mass is 10.0. The Balaban J connectivity index is 1.73. The summed E-state index contributed by atoms with van der Waals surface area (Å²) < 4.78 is 32.9. The molecule has 6 nitrogen and oxygen atoms in total. The van der Waals surface area contributed by atoms with E-state index in [-0.39, 0.29) is 12.0 Å². The van der Waals surface area contributed by atoms with Crippen molar-refractivity contribution in [3.63, 3.8) is 0 Å². The molecule has 0 aromatic heterocycles. The number of carbonyl (C=O) groups is 1. The van der Waals surface area contributed by atoms with Gasteiger partial charge >= 0.3 is 0 Å². The summed E-state index contributed by atoms with van der Waals surface area (Å²) in [6.07, 6.45) is 5.78. The minimum atomic E-state index is -3.54. The number of fused-ring (bicyclic) bond motifs is 1. The van der Waals surface area contributed by atoms with E-state index < -0.39 is 10.0 Å². The van der Waals surface area contributed by atoms with E-state index in [9.17, 15) is 13.2 Å². The van der Waals surface area contributed by atoms with Crippen molar-refractivity contribution in [3.05, 3.63) is 23.8 Å². The van der Waals surface area contributed by atoms with Gasteiger partial charge in [-0.25, -0.2) is 12.7 Å². The van der Waals surface area contributed by atoms with E-state index in [4.69, 9.17) is 4.74 Å². The average molecular weight is 381 g/mol. The summed E-state index contributed by atoms with van der Waals surface area (Å²) in [4.78, 5) is 13.8. The van der Waals surface area contributed by atoms with Crippen LogP contribution >= 0.6 is 0 Å². The topological polar surface area (TPSA) is 66.9 Å². The molecule has 2 heterocycles. The molecule has 0 aliphatic carbocycles. The molecule has 0 spiro atoms. The zero-order chi connectivity index (χ0) is 18.7. The van der Waals surface area contributed by atoms with Crippen LogP contribution in [0.3, 0.4) is 0 Å². The second kappa shape index (κ2) is 8.06. The lowest BCUT2D eigenvalue weighted by molar-refractivity contribution is -0.116. The molecule has 1 aromatic carbocycles. The van der Waals surface area contributed by atoms with E-state index in [0.29, 0.717) is 18.0 Å². The molecular weight excluding hydrogens is 352 g/mol. The van der Waals surface area contributed by atoms with Crippen LogP contribution in [0.15, 0.2) is 23.1 Å². The number of hydrogen-bond acceptors (Lipinski definition) is 4. The molecule has 1 aromatic rings. The first-order valence-corrected chi connectivity index (χ1v) is 10.8. The summed E-state index contributed by atoms with van der Waals surface area (Å²) in [7, 11) is -1.91. The van der Waals surface area contributed by atoms with Crippen LogP contribution in [0.2, 0.25) is 0 Å². The summed E-state index contributed by atoms with van der Waals surface area (Å²) in [5.41, 5.74) is 1.76. The summed E-state index contributed by atoms with van der Waals surface area (Å²) in [5.74, 6) is -0.00819. The van der Waals surface area contributed by atoms with Crippen LogP contribution in [0, 0.1) is 0 Å². The number of benzene rings is 1. The highest BCUT2D eigenvalue weighted by Crippen LogP contribution is 2.30. The lowest BCUT2D eigenvalue weighted by Gasteiger charge is -2.29. The summed E-state index contributed by atoms with van der Waals surface area (Å²) in [6.45, 7) is 3.46. The Morgan fingerprint density at radius 2 is 2.12 bits per heavy atom. The largest absolute Gasteiger partial charge is 0.378 e. The predicted molar refractivity (Wildman–Crippen MR) is 101 cm³/mol. The quantitative estimate of drug-likeness (QED) is 0.787. The van der Waals surface area contributed by atoms with Crippen molar-refractivity contribution in [3.8, 4) is 0 Å². The van der Waals surface area contributed by atoms with Gasteiger partial charge in [0.2, 0.25) is 15.9 Å². The minimum Gasteiger partial charge on any atom is -0.378 e. The van der Waals surface area contributed by atoms with Gasteiger partial charge in [0.15, 0.2) is 0 Å². The summed E-state index contributed by atoms with van der Waals surface area (Å²) >= 11 is 0. The third-order valence-electron chi connectivity index (χ3n) is 5.30. The Morgan fingerprint density at radius 1 is 1.31 bits per heavy atom. The standard InChI is InChI=1S/C19H28N2O4S/c1-15(22)21-11-5-6-16-14-18(8-9-19(16)21)26(23,24)20(2)12-10-17-7-3-4-13-25-17/h8-9,14,17H,3-7,10-13H2,1-2H3. The monoisotopic (exact) mass is 380 g/mol. The molecule has 1 amide bonds. The predicted octanol–water partition coefficient (Wildman–Crippen LogP) is 2.57. The van der Waals surface area contributed by atoms with Crippen LogP contribution in [-0.4, -0.2) is 51.5 Å². The SMILES string of the molecule is CC(=O)N1CCCc2cc(S(=O)(=O)N(C)CCC3CCCCO3)ccc21. The van der Waals surface area contributed by atoms with Gasteiger partial charge in [-0.15, -0.1) is 0 Å². The fraction of sp³-hybridized carbons (Fsp3) is 0.632. The van der Waals surface area contributed by atoms with Crippen molar-refractivity contribution in [2.24, 2.45) is 0 Å². The second-order valence-electron chi connectivity index (χ2n) is 7.17. The Kier molecular flexibility index (Phi) is 5.99. The van der Waals surface area contributed by atoms with Gasteiger partial charge in [-0.3, -0.25) is 4.79 Å². The van der Waals surface area contributed by atoms with Crippen molar-refractivity contribution >= 4 is 21.6 Å². The maximum Gasteiger partial charge on any atom is 0.242 e. The van der Waals surface area contributed by atoms with Crippen molar-refractivity contribution in [1.82, 2.24) is 4.31 Å². The molecule has 0 N–H and O–H groups in total. The van der Waals surface area contributed by atoms with Crippen molar-refractivity contribution in [1.29, 1.82) is 0 Å².